The third-order valence-corrected chi connectivity index (χ3v) is 6.39. The number of carbonyl (C=O) groups is 2. The fourth-order valence-corrected chi connectivity index (χ4v) is 4.31. The minimum atomic E-state index is -0.979. The zero-order chi connectivity index (χ0) is 18.9. The van der Waals surface area contributed by atoms with Crippen LogP contribution in [0.3, 0.4) is 0 Å². The van der Waals surface area contributed by atoms with Crippen LogP contribution in [0.1, 0.15) is 67.9 Å². The maximum Gasteiger partial charge on any atom is 0.348 e. The van der Waals surface area contributed by atoms with Gasteiger partial charge in [-0.1, -0.05) is 27.7 Å². The van der Waals surface area contributed by atoms with Gasteiger partial charge >= 0.3 is 5.97 Å². The van der Waals surface area contributed by atoms with E-state index in [1.807, 2.05) is 6.07 Å². The van der Waals surface area contributed by atoms with Gasteiger partial charge in [-0.05, 0) is 43.1 Å². The van der Waals surface area contributed by atoms with Crippen molar-refractivity contribution in [2.24, 2.45) is 11.8 Å². The molecule has 0 atom stereocenters. The first-order valence-corrected chi connectivity index (χ1v) is 9.72. The quantitative estimate of drug-likeness (QED) is 0.803. The number of aromatic carboxylic acids is 1. The summed E-state index contributed by atoms with van der Waals surface area (Å²) >= 11 is 1.26. The number of hydrazine groups is 1. The van der Waals surface area contributed by atoms with Crippen molar-refractivity contribution >= 4 is 28.9 Å². The molecule has 0 radical (unpaired) electrons. The summed E-state index contributed by atoms with van der Waals surface area (Å²) in [5.41, 5.74) is 0.338. The van der Waals surface area contributed by atoms with Gasteiger partial charge in [-0.2, -0.15) is 0 Å². The maximum absolute atomic E-state index is 13.2. The molecule has 0 bridgehead atoms. The fourth-order valence-electron chi connectivity index (χ4n) is 3.27. The van der Waals surface area contributed by atoms with Gasteiger partial charge in [0.2, 0.25) is 5.91 Å². The standard InChI is InChI=1S/C19H30N2O3S/c1-12-7-9-13(10-8-12)17(22)21(20(5)6)14-11-15(19(2,3)4)25-16(14)18(23)24/h11-13H,7-10H2,1-6H3,(H,23,24). The van der Waals surface area contributed by atoms with E-state index in [1.54, 1.807) is 24.1 Å². The Morgan fingerprint density at radius 1 is 1.16 bits per heavy atom. The van der Waals surface area contributed by atoms with E-state index in [2.05, 4.69) is 27.7 Å². The highest BCUT2D eigenvalue weighted by atomic mass is 32.1. The second-order valence-corrected chi connectivity index (χ2v) is 9.39. The van der Waals surface area contributed by atoms with Crippen molar-refractivity contribution in [3.63, 3.8) is 0 Å². The first-order valence-electron chi connectivity index (χ1n) is 8.91. The maximum atomic E-state index is 13.2. The van der Waals surface area contributed by atoms with Crippen molar-refractivity contribution in [1.29, 1.82) is 0 Å². The highest BCUT2D eigenvalue weighted by Gasteiger charge is 2.34. The van der Waals surface area contributed by atoms with Crippen molar-refractivity contribution in [2.75, 3.05) is 19.1 Å². The zero-order valence-electron chi connectivity index (χ0n) is 16.1. The van der Waals surface area contributed by atoms with Crippen molar-refractivity contribution < 1.29 is 14.7 Å². The molecule has 0 unspecified atom stereocenters. The van der Waals surface area contributed by atoms with E-state index in [4.69, 9.17) is 0 Å². The lowest BCUT2D eigenvalue weighted by atomic mass is 9.82. The van der Waals surface area contributed by atoms with Crippen molar-refractivity contribution in [3.8, 4) is 0 Å². The second kappa shape index (κ2) is 7.46. The first kappa shape index (κ1) is 19.9. The monoisotopic (exact) mass is 366 g/mol. The Bertz CT molecular complexity index is 638. The van der Waals surface area contributed by atoms with Gasteiger partial charge < -0.3 is 5.11 Å². The number of carboxylic acids is 1. The minimum Gasteiger partial charge on any atom is -0.477 e. The molecule has 0 aliphatic heterocycles. The van der Waals surface area contributed by atoms with Gasteiger partial charge in [-0.15, -0.1) is 11.3 Å². The highest BCUT2D eigenvalue weighted by Crippen LogP contribution is 2.39. The summed E-state index contributed by atoms with van der Waals surface area (Å²) in [5, 5.41) is 12.9. The van der Waals surface area contributed by atoms with Gasteiger partial charge in [0.05, 0.1) is 5.69 Å². The summed E-state index contributed by atoms with van der Waals surface area (Å²) < 4.78 is 0. The number of rotatable bonds is 4. The first-order chi connectivity index (χ1) is 11.5. The third kappa shape index (κ3) is 4.42. The number of hydrogen-bond acceptors (Lipinski definition) is 4. The molecule has 1 aliphatic carbocycles. The second-order valence-electron chi connectivity index (χ2n) is 8.33. The molecule has 1 saturated carbocycles. The van der Waals surface area contributed by atoms with Gasteiger partial charge in [0.15, 0.2) is 0 Å². The molecule has 1 aliphatic rings. The molecule has 140 valence electrons. The highest BCUT2D eigenvalue weighted by molar-refractivity contribution is 7.14. The lowest BCUT2D eigenvalue weighted by molar-refractivity contribution is -0.126. The fraction of sp³-hybridized carbons (Fsp3) is 0.684. The number of carbonyl (C=O) groups excluding carboxylic acids is 1. The molecule has 1 heterocycles. The largest absolute Gasteiger partial charge is 0.477 e. The van der Waals surface area contributed by atoms with Crippen LogP contribution in [0.4, 0.5) is 5.69 Å². The molecule has 2 rings (SSSR count). The van der Waals surface area contributed by atoms with E-state index in [9.17, 15) is 14.7 Å². The minimum absolute atomic E-state index is 0.0117. The lowest BCUT2D eigenvalue weighted by Crippen LogP contribution is -2.46. The van der Waals surface area contributed by atoms with E-state index in [0.717, 1.165) is 30.6 Å². The Hall–Kier alpha value is -1.40. The van der Waals surface area contributed by atoms with Crippen LogP contribution in [-0.2, 0) is 10.2 Å². The molecule has 25 heavy (non-hydrogen) atoms. The van der Waals surface area contributed by atoms with Crippen LogP contribution in [-0.4, -0.2) is 36.1 Å². The predicted octanol–water partition coefficient (Wildman–Crippen LogP) is 4.38. The normalized spacial score (nSPS) is 21.4. The summed E-state index contributed by atoms with van der Waals surface area (Å²) in [6.45, 7) is 8.39. The van der Waals surface area contributed by atoms with E-state index in [1.165, 1.54) is 11.3 Å². The molecule has 6 heteroatoms. The van der Waals surface area contributed by atoms with Crippen LogP contribution < -0.4 is 5.01 Å². The molecule has 0 saturated heterocycles. The van der Waals surface area contributed by atoms with Gasteiger partial charge in [-0.25, -0.2) is 14.8 Å². The molecule has 0 spiro atoms. The third-order valence-electron chi connectivity index (χ3n) is 4.85. The molecule has 1 fully saturated rings. The van der Waals surface area contributed by atoms with E-state index in [-0.39, 0.29) is 22.1 Å². The molecule has 5 nitrogen and oxygen atoms in total. The number of carboxylic acid groups (broad SMARTS) is 1. The van der Waals surface area contributed by atoms with Crippen molar-refractivity contribution in [1.82, 2.24) is 5.01 Å². The molecule has 1 aromatic rings. The van der Waals surface area contributed by atoms with Gasteiger partial charge in [0.25, 0.3) is 0 Å². The van der Waals surface area contributed by atoms with E-state index in [0.29, 0.717) is 11.6 Å². The van der Waals surface area contributed by atoms with Crippen molar-refractivity contribution in [3.05, 3.63) is 15.8 Å². The van der Waals surface area contributed by atoms with Crippen molar-refractivity contribution in [2.45, 2.75) is 58.8 Å². The zero-order valence-corrected chi connectivity index (χ0v) is 16.9. The van der Waals surface area contributed by atoms with Crippen LogP contribution in [0.25, 0.3) is 0 Å². The summed E-state index contributed by atoms with van der Waals surface area (Å²) in [6.07, 6.45) is 3.87. The Labute approximate surface area is 154 Å². The number of anilines is 1. The molecule has 1 aromatic heterocycles. The average Bonchev–Trinajstić information content (AvgIpc) is 2.92. The van der Waals surface area contributed by atoms with Crippen LogP contribution in [0.2, 0.25) is 0 Å². The number of thiophene rings is 1. The van der Waals surface area contributed by atoms with E-state index < -0.39 is 5.97 Å². The van der Waals surface area contributed by atoms with Crippen LogP contribution in [0.15, 0.2) is 6.07 Å². The summed E-state index contributed by atoms with van der Waals surface area (Å²) in [5.74, 6) is -0.330. The summed E-state index contributed by atoms with van der Waals surface area (Å²) in [7, 11) is 3.59. The Kier molecular flexibility index (Phi) is 5.94. The lowest BCUT2D eigenvalue weighted by Gasteiger charge is -2.34. The molecular weight excluding hydrogens is 336 g/mol. The van der Waals surface area contributed by atoms with Crippen LogP contribution >= 0.6 is 11.3 Å². The molecule has 1 N–H and O–H groups in total. The number of hydrogen-bond donors (Lipinski definition) is 1. The molecule has 1 amide bonds. The Balaban J connectivity index is 2.41. The average molecular weight is 367 g/mol. The Morgan fingerprint density at radius 3 is 2.16 bits per heavy atom. The number of nitrogens with zero attached hydrogens (tertiary/aromatic N) is 2. The van der Waals surface area contributed by atoms with Crippen LogP contribution in [0, 0.1) is 11.8 Å². The van der Waals surface area contributed by atoms with Gasteiger partial charge in [0.1, 0.15) is 4.88 Å². The summed E-state index contributed by atoms with van der Waals surface area (Å²) in [4.78, 5) is 26.2. The number of amides is 1. The van der Waals surface area contributed by atoms with E-state index >= 15 is 0 Å². The Morgan fingerprint density at radius 2 is 1.72 bits per heavy atom. The van der Waals surface area contributed by atoms with Gasteiger partial charge in [-0.3, -0.25) is 4.79 Å². The van der Waals surface area contributed by atoms with Gasteiger partial charge in [0, 0.05) is 24.9 Å². The SMILES string of the molecule is CC1CCC(C(=O)N(c2cc(C(C)(C)C)sc2C(=O)O)N(C)C)CC1. The topological polar surface area (TPSA) is 60.9 Å². The molecule has 0 aromatic carbocycles. The predicted molar refractivity (Wildman–Crippen MR) is 102 cm³/mol. The smallest absolute Gasteiger partial charge is 0.348 e. The molecular formula is C19H30N2O3S. The van der Waals surface area contributed by atoms with Crippen LogP contribution in [0.5, 0.6) is 0 Å². The summed E-state index contributed by atoms with van der Waals surface area (Å²) in [6, 6.07) is 1.87.